The third-order valence-corrected chi connectivity index (χ3v) is 6.86. The predicted molar refractivity (Wildman–Crippen MR) is 149 cm³/mol. The molecule has 0 fully saturated rings. The number of allylic oxidation sites excluding steroid dienone is 6. The van der Waals surface area contributed by atoms with E-state index in [9.17, 15) is 29.7 Å². The number of halogens is 2. The summed E-state index contributed by atoms with van der Waals surface area (Å²) in [6, 6.07) is 0. The number of carbonyl (C=O) groups excluding carboxylic acids is 3. The molecular formula is C28H35Cl2N3O6. The van der Waals surface area contributed by atoms with E-state index < -0.39 is 16.2 Å². The van der Waals surface area contributed by atoms with Crippen LogP contribution in [-0.2, 0) is 14.4 Å². The average Bonchev–Trinajstić information content (AvgIpc) is 2.69. The van der Waals surface area contributed by atoms with Crippen molar-refractivity contribution in [2.45, 2.75) is 80.1 Å². The number of aromatic nitrogens is 3. The average molecular weight is 581 g/mol. The van der Waals surface area contributed by atoms with Crippen LogP contribution < -0.4 is 0 Å². The molecule has 0 bridgehead atoms. The summed E-state index contributed by atoms with van der Waals surface area (Å²) in [5.41, 5.74) is -1.69. The summed E-state index contributed by atoms with van der Waals surface area (Å²) in [6.07, 6.45) is 1.08. The molecule has 0 aromatic carbocycles. The number of hydrogen-bond acceptors (Lipinski definition) is 9. The molecule has 11 heteroatoms. The van der Waals surface area contributed by atoms with E-state index in [1.54, 1.807) is 0 Å². The molecule has 1 heterocycles. The molecule has 1 aromatic heterocycles. The van der Waals surface area contributed by atoms with E-state index in [0.29, 0.717) is 0 Å². The predicted octanol–water partition coefficient (Wildman–Crippen LogP) is 6.27. The number of nitrogens with zero attached hydrogens (tertiary/aromatic N) is 3. The Labute approximate surface area is 238 Å². The number of carbonyl (C=O) groups is 3. The Kier molecular flexibility index (Phi) is 8.68. The highest BCUT2D eigenvalue weighted by Crippen LogP contribution is 2.42. The van der Waals surface area contributed by atoms with E-state index in [0.717, 1.165) is 0 Å². The van der Waals surface area contributed by atoms with Gasteiger partial charge in [-0.05, 0) is 16.2 Å². The van der Waals surface area contributed by atoms with Crippen molar-refractivity contribution >= 4 is 57.3 Å². The summed E-state index contributed by atoms with van der Waals surface area (Å²) in [5, 5.41) is 32.5. The summed E-state index contributed by atoms with van der Waals surface area (Å²) in [4.78, 5) is 52.2. The van der Waals surface area contributed by atoms with E-state index in [1.165, 1.54) is 0 Å². The van der Waals surface area contributed by atoms with Crippen LogP contribution in [0.5, 0.6) is 0 Å². The van der Waals surface area contributed by atoms with Crippen LogP contribution in [0.1, 0.15) is 97.5 Å². The van der Waals surface area contributed by atoms with Crippen molar-refractivity contribution in [2.24, 2.45) is 16.2 Å². The van der Waals surface area contributed by atoms with Gasteiger partial charge in [0, 0.05) is 38.5 Å². The second-order valence-corrected chi connectivity index (χ2v) is 13.5. The molecule has 0 atom stereocenters. The Morgan fingerprint density at radius 1 is 0.538 bits per heavy atom. The Morgan fingerprint density at radius 2 is 0.744 bits per heavy atom. The zero-order valence-electron chi connectivity index (χ0n) is 23.1. The second-order valence-electron chi connectivity index (χ2n) is 12.7. The molecule has 1 aromatic rings. The van der Waals surface area contributed by atoms with E-state index in [4.69, 9.17) is 23.2 Å². The first kappa shape index (κ1) is 30.8. The molecule has 0 spiro atoms. The Balaban J connectivity index is 0.00000134. The number of hydrogen-bond donors (Lipinski definition) is 3. The number of Topliss-reactive ketones (excluding diaryl/α,β-unsaturated/α-hetero) is 3. The maximum Gasteiger partial charge on any atom is 0.171 e. The van der Waals surface area contributed by atoms with Gasteiger partial charge in [-0.3, -0.25) is 14.4 Å². The van der Waals surface area contributed by atoms with E-state index >= 15 is 0 Å². The van der Waals surface area contributed by atoms with Crippen LogP contribution in [0.3, 0.4) is 0 Å². The molecule has 9 nitrogen and oxygen atoms in total. The quantitative estimate of drug-likeness (QED) is 0.352. The Morgan fingerprint density at radius 3 is 0.923 bits per heavy atom. The lowest BCUT2D eigenvalue weighted by molar-refractivity contribution is -0.117. The van der Waals surface area contributed by atoms with Gasteiger partial charge in [0.25, 0.3) is 0 Å². The topological polar surface area (TPSA) is 151 Å². The first-order valence-corrected chi connectivity index (χ1v) is 13.7. The molecular weight excluding hydrogens is 545 g/mol. The molecule has 0 unspecified atom stereocenters. The third kappa shape index (κ3) is 6.87. The van der Waals surface area contributed by atoms with Gasteiger partial charge in [0.1, 0.15) is 17.3 Å². The second kappa shape index (κ2) is 11.0. The molecule has 3 N–H and O–H groups in total. The van der Waals surface area contributed by atoms with Crippen molar-refractivity contribution in [3.05, 3.63) is 34.8 Å². The minimum Gasteiger partial charge on any atom is -0.511 e. The number of alkyl halides is 2. The molecule has 0 amide bonds. The van der Waals surface area contributed by atoms with Crippen LogP contribution in [0.25, 0.3) is 16.7 Å². The molecule has 0 saturated heterocycles. The maximum atomic E-state index is 13.0. The summed E-state index contributed by atoms with van der Waals surface area (Å²) < 4.78 is 0. The van der Waals surface area contributed by atoms with Crippen molar-refractivity contribution in [1.82, 2.24) is 15.0 Å². The van der Waals surface area contributed by atoms with Crippen molar-refractivity contribution < 1.29 is 29.7 Å². The molecule has 0 radical (unpaired) electrons. The molecule has 3 aliphatic carbocycles. The van der Waals surface area contributed by atoms with Gasteiger partial charge in [-0.2, -0.15) is 0 Å². The minimum absolute atomic E-state index is 0.105. The highest BCUT2D eigenvalue weighted by molar-refractivity contribution is 6.40. The standard InChI is InChI=1S/C27H33N3O6.CH2Cl2/c1-25(2)7-13(31)19(14(32)8-25)22-28-23(20-15(33)9-26(3,4)10-16(20)34)30-24(29-22)21-17(35)11-27(5,6)12-18(21)36;2-1-3/h31,33,35H,7-12H2,1-6H3;1H2. The molecule has 3 aliphatic rings. The molecule has 0 saturated carbocycles. The van der Waals surface area contributed by atoms with Crippen LogP contribution in [0.15, 0.2) is 17.3 Å². The summed E-state index contributed by atoms with van der Waals surface area (Å²) in [5.74, 6) is -2.29. The number of aliphatic hydroxyl groups is 3. The van der Waals surface area contributed by atoms with Gasteiger partial charge < -0.3 is 15.3 Å². The molecule has 212 valence electrons. The number of rotatable bonds is 3. The normalized spacial score (nSPS) is 22.6. The first-order valence-electron chi connectivity index (χ1n) is 12.7. The lowest BCUT2D eigenvalue weighted by atomic mass is 9.75. The third-order valence-electron chi connectivity index (χ3n) is 6.86. The molecule has 39 heavy (non-hydrogen) atoms. The van der Waals surface area contributed by atoms with Crippen LogP contribution in [0.2, 0.25) is 0 Å². The van der Waals surface area contributed by atoms with Gasteiger partial charge >= 0.3 is 0 Å². The zero-order valence-corrected chi connectivity index (χ0v) is 24.6. The van der Waals surface area contributed by atoms with E-state index in [1.807, 2.05) is 41.5 Å². The van der Waals surface area contributed by atoms with Crippen molar-refractivity contribution in [3.63, 3.8) is 0 Å². The van der Waals surface area contributed by atoms with Gasteiger partial charge in [-0.1, -0.05) is 41.5 Å². The maximum absolute atomic E-state index is 13.0. The zero-order chi connectivity index (χ0) is 29.5. The van der Waals surface area contributed by atoms with E-state index in [2.05, 4.69) is 15.0 Å². The summed E-state index contributed by atoms with van der Waals surface area (Å²) >= 11 is 9.53. The van der Waals surface area contributed by atoms with Crippen LogP contribution in [0, 0.1) is 16.2 Å². The lowest BCUT2D eigenvalue weighted by Gasteiger charge is -2.31. The molecule has 4 rings (SSSR count). The van der Waals surface area contributed by atoms with Gasteiger partial charge in [0.15, 0.2) is 34.8 Å². The SMILES string of the molecule is CC1(C)CC(=O)C(c2nc(C3=C(O)CC(C)(C)CC3=O)nc(C3=C(O)CC(C)(C)CC3=O)n2)=C(O)C1.ClCCl. The van der Waals surface area contributed by atoms with Crippen LogP contribution >= 0.6 is 23.2 Å². The smallest absolute Gasteiger partial charge is 0.171 e. The van der Waals surface area contributed by atoms with Gasteiger partial charge in [-0.15, -0.1) is 23.2 Å². The first-order chi connectivity index (χ1) is 17.9. The highest BCUT2D eigenvalue weighted by Gasteiger charge is 2.40. The Bertz CT molecular complexity index is 1150. The fourth-order valence-corrected chi connectivity index (χ4v) is 5.34. The highest BCUT2D eigenvalue weighted by atomic mass is 35.5. The summed E-state index contributed by atoms with van der Waals surface area (Å²) in [6.45, 7) is 11.2. The largest absolute Gasteiger partial charge is 0.511 e. The summed E-state index contributed by atoms with van der Waals surface area (Å²) in [7, 11) is 0. The minimum atomic E-state index is -0.458. The van der Waals surface area contributed by atoms with Crippen molar-refractivity contribution in [3.8, 4) is 0 Å². The van der Waals surface area contributed by atoms with E-state index in [-0.39, 0.29) is 113 Å². The van der Waals surface area contributed by atoms with Crippen molar-refractivity contribution in [1.29, 1.82) is 0 Å². The van der Waals surface area contributed by atoms with Crippen molar-refractivity contribution in [2.75, 3.05) is 5.34 Å². The van der Waals surface area contributed by atoms with Gasteiger partial charge in [-0.25, -0.2) is 15.0 Å². The fraction of sp³-hybridized carbons (Fsp3) is 0.571. The van der Waals surface area contributed by atoms with Gasteiger partial charge in [0.2, 0.25) is 0 Å². The Hall–Kier alpha value is -2.78. The van der Waals surface area contributed by atoms with Gasteiger partial charge in [0.05, 0.1) is 22.1 Å². The fourth-order valence-electron chi connectivity index (χ4n) is 5.34. The number of aliphatic hydroxyl groups excluding tert-OH is 3. The lowest BCUT2D eigenvalue weighted by Crippen LogP contribution is -2.29. The van der Waals surface area contributed by atoms with Crippen LogP contribution in [0.4, 0.5) is 0 Å². The monoisotopic (exact) mass is 579 g/mol. The molecule has 0 aliphatic heterocycles. The van der Waals surface area contributed by atoms with Crippen LogP contribution in [-0.4, -0.2) is 53.0 Å². The number of ketones is 3.